The second-order valence-corrected chi connectivity index (χ2v) is 3.61. The van der Waals surface area contributed by atoms with Gasteiger partial charge in [0.2, 0.25) is 0 Å². The van der Waals surface area contributed by atoms with Crippen molar-refractivity contribution in [1.29, 1.82) is 0 Å². The van der Waals surface area contributed by atoms with E-state index in [1.54, 1.807) is 6.20 Å². The molecule has 3 heteroatoms. The van der Waals surface area contributed by atoms with Gasteiger partial charge in [-0.25, -0.2) is 4.98 Å². The molecule has 74 valence electrons. The van der Waals surface area contributed by atoms with Gasteiger partial charge in [-0.15, -0.1) is 0 Å². The molecule has 1 atom stereocenters. The predicted molar refractivity (Wildman–Crippen MR) is 52.3 cm³/mol. The number of hydrogen-bond donors (Lipinski definition) is 1. The lowest BCUT2D eigenvalue weighted by molar-refractivity contribution is 0.366. The maximum Gasteiger partial charge on any atom is 0.180 e. The Morgan fingerprint density at radius 3 is 2.77 bits per heavy atom. The summed E-state index contributed by atoms with van der Waals surface area (Å²) in [5.74, 6) is 1.56. The van der Waals surface area contributed by atoms with Crippen LogP contribution >= 0.6 is 0 Å². The zero-order valence-electron chi connectivity index (χ0n) is 8.58. The summed E-state index contributed by atoms with van der Waals surface area (Å²) < 4.78 is 5.13. The maximum absolute atomic E-state index is 5.13. The van der Waals surface area contributed by atoms with Crippen LogP contribution in [0, 0.1) is 5.92 Å². The molecule has 0 saturated carbocycles. The van der Waals surface area contributed by atoms with Crippen LogP contribution in [0.15, 0.2) is 17.0 Å². The lowest BCUT2D eigenvalue weighted by atomic mass is 10.0. The van der Waals surface area contributed by atoms with Gasteiger partial charge in [-0.2, -0.15) is 0 Å². The second kappa shape index (κ2) is 5.02. The van der Waals surface area contributed by atoms with Gasteiger partial charge in [0.05, 0.1) is 12.7 Å². The highest BCUT2D eigenvalue weighted by Crippen LogP contribution is 2.06. The van der Waals surface area contributed by atoms with E-state index in [1.807, 2.05) is 0 Å². The van der Waals surface area contributed by atoms with Crippen molar-refractivity contribution in [2.45, 2.75) is 39.8 Å². The number of hydrogen-bond acceptors (Lipinski definition) is 3. The smallest absolute Gasteiger partial charge is 0.180 e. The van der Waals surface area contributed by atoms with Gasteiger partial charge in [0.25, 0.3) is 0 Å². The molecule has 1 rings (SSSR count). The molecule has 13 heavy (non-hydrogen) atoms. The average Bonchev–Trinajstić information content (AvgIpc) is 2.57. The van der Waals surface area contributed by atoms with Gasteiger partial charge in [-0.1, -0.05) is 20.8 Å². The minimum Gasteiger partial charge on any atom is -0.447 e. The third kappa shape index (κ3) is 3.19. The summed E-state index contributed by atoms with van der Waals surface area (Å²) in [5.41, 5.74) is 0. The molecule has 0 radical (unpaired) electrons. The summed E-state index contributed by atoms with van der Waals surface area (Å²) in [7, 11) is 0. The van der Waals surface area contributed by atoms with Gasteiger partial charge in [-0.05, 0) is 12.3 Å². The Hall–Kier alpha value is -0.830. The molecule has 1 heterocycles. The summed E-state index contributed by atoms with van der Waals surface area (Å²) in [5, 5.41) is 3.44. The Balaban J connectivity index is 2.32. The molecule has 0 aliphatic carbocycles. The highest BCUT2D eigenvalue weighted by molar-refractivity contribution is 4.88. The molecule has 0 aromatic carbocycles. The van der Waals surface area contributed by atoms with Crippen LogP contribution in [-0.4, -0.2) is 11.0 Å². The van der Waals surface area contributed by atoms with Gasteiger partial charge in [0.15, 0.2) is 6.39 Å². The maximum atomic E-state index is 5.13. The van der Waals surface area contributed by atoms with E-state index in [0.29, 0.717) is 12.0 Å². The van der Waals surface area contributed by atoms with Crippen molar-refractivity contribution in [2.24, 2.45) is 5.92 Å². The molecule has 0 aliphatic heterocycles. The zero-order chi connectivity index (χ0) is 9.68. The van der Waals surface area contributed by atoms with Crippen molar-refractivity contribution in [3.63, 3.8) is 0 Å². The number of rotatable bonds is 5. The Kier molecular flexibility index (Phi) is 3.96. The summed E-state index contributed by atoms with van der Waals surface area (Å²) in [6, 6.07) is 0.560. The summed E-state index contributed by atoms with van der Waals surface area (Å²) in [6.07, 6.45) is 4.36. The fraction of sp³-hybridized carbons (Fsp3) is 0.700. The molecule has 0 spiro atoms. The largest absolute Gasteiger partial charge is 0.447 e. The van der Waals surface area contributed by atoms with E-state index >= 15 is 0 Å². The Morgan fingerprint density at radius 1 is 1.54 bits per heavy atom. The van der Waals surface area contributed by atoms with Crippen LogP contribution in [-0.2, 0) is 6.54 Å². The highest BCUT2D eigenvalue weighted by atomic mass is 16.3. The minimum atomic E-state index is 0.560. The summed E-state index contributed by atoms with van der Waals surface area (Å²) in [6.45, 7) is 7.41. The van der Waals surface area contributed by atoms with Crippen molar-refractivity contribution in [3.8, 4) is 0 Å². The van der Waals surface area contributed by atoms with Gasteiger partial charge in [0.1, 0.15) is 5.76 Å². The third-order valence-corrected chi connectivity index (χ3v) is 2.27. The van der Waals surface area contributed by atoms with Crippen LogP contribution in [0.25, 0.3) is 0 Å². The number of aromatic nitrogens is 1. The van der Waals surface area contributed by atoms with Crippen LogP contribution in [0.4, 0.5) is 0 Å². The molecule has 1 N–H and O–H groups in total. The highest BCUT2D eigenvalue weighted by Gasteiger charge is 2.10. The minimum absolute atomic E-state index is 0.560. The molecule has 0 aliphatic rings. The van der Waals surface area contributed by atoms with E-state index in [0.717, 1.165) is 18.7 Å². The SMILES string of the molecule is CCC(NCc1cnco1)C(C)C. The molecular formula is C10H18N2O. The van der Waals surface area contributed by atoms with Crippen molar-refractivity contribution in [1.82, 2.24) is 10.3 Å². The summed E-state index contributed by atoms with van der Waals surface area (Å²) >= 11 is 0. The van der Waals surface area contributed by atoms with Crippen molar-refractivity contribution in [3.05, 3.63) is 18.4 Å². The molecule has 3 nitrogen and oxygen atoms in total. The van der Waals surface area contributed by atoms with E-state index < -0.39 is 0 Å². The Morgan fingerprint density at radius 2 is 2.31 bits per heavy atom. The van der Waals surface area contributed by atoms with Gasteiger partial charge >= 0.3 is 0 Å². The number of nitrogens with zero attached hydrogens (tertiary/aromatic N) is 1. The number of nitrogens with one attached hydrogen (secondary N) is 1. The molecule has 1 aromatic rings. The molecular weight excluding hydrogens is 164 g/mol. The first-order valence-electron chi connectivity index (χ1n) is 4.84. The van der Waals surface area contributed by atoms with Crippen LogP contribution in [0.1, 0.15) is 33.0 Å². The van der Waals surface area contributed by atoms with E-state index in [2.05, 4.69) is 31.1 Å². The van der Waals surface area contributed by atoms with Crippen LogP contribution < -0.4 is 5.32 Å². The fourth-order valence-electron chi connectivity index (χ4n) is 1.41. The van der Waals surface area contributed by atoms with Crippen molar-refractivity contribution >= 4 is 0 Å². The molecule has 1 aromatic heterocycles. The molecule has 0 fully saturated rings. The first-order valence-corrected chi connectivity index (χ1v) is 4.84. The standard InChI is InChI=1S/C10H18N2O/c1-4-10(8(2)3)12-6-9-5-11-7-13-9/h5,7-8,10,12H,4,6H2,1-3H3. The lowest BCUT2D eigenvalue weighted by Gasteiger charge is -2.19. The normalized spacial score (nSPS) is 13.5. The van der Waals surface area contributed by atoms with E-state index in [4.69, 9.17) is 4.42 Å². The first-order chi connectivity index (χ1) is 6.24. The third-order valence-electron chi connectivity index (χ3n) is 2.27. The van der Waals surface area contributed by atoms with E-state index in [-0.39, 0.29) is 0 Å². The van der Waals surface area contributed by atoms with Gasteiger partial charge in [0, 0.05) is 6.04 Å². The van der Waals surface area contributed by atoms with E-state index in [9.17, 15) is 0 Å². The topological polar surface area (TPSA) is 38.1 Å². The van der Waals surface area contributed by atoms with Crippen molar-refractivity contribution < 1.29 is 4.42 Å². The van der Waals surface area contributed by atoms with Crippen molar-refractivity contribution in [2.75, 3.05) is 0 Å². The van der Waals surface area contributed by atoms with Gasteiger partial charge < -0.3 is 9.73 Å². The predicted octanol–water partition coefficient (Wildman–Crippen LogP) is 2.20. The zero-order valence-corrected chi connectivity index (χ0v) is 8.58. The van der Waals surface area contributed by atoms with Gasteiger partial charge in [-0.3, -0.25) is 0 Å². The fourth-order valence-corrected chi connectivity index (χ4v) is 1.41. The summed E-state index contributed by atoms with van der Waals surface area (Å²) in [4.78, 5) is 3.86. The van der Waals surface area contributed by atoms with Crippen LogP contribution in [0.3, 0.4) is 0 Å². The van der Waals surface area contributed by atoms with Crippen LogP contribution in [0.2, 0.25) is 0 Å². The Bertz CT molecular complexity index is 219. The first kappa shape index (κ1) is 10.3. The number of oxazole rings is 1. The van der Waals surface area contributed by atoms with E-state index in [1.165, 1.54) is 6.39 Å². The second-order valence-electron chi connectivity index (χ2n) is 3.61. The molecule has 1 unspecified atom stereocenters. The quantitative estimate of drug-likeness (QED) is 0.758. The monoisotopic (exact) mass is 182 g/mol. The average molecular weight is 182 g/mol. The molecule has 0 amide bonds. The lowest BCUT2D eigenvalue weighted by Crippen LogP contribution is -2.32. The molecule has 0 bridgehead atoms. The molecule has 0 saturated heterocycles. The Labute approximate surface area is 79.5 Å². The van der Waals surface area contributed by atoms with Crippen LogP contribution in [0.5, 0.6) is 0 Å².